The number of nitrogens with zero attached hydrogens (tertiary/aromatic N) is 2. The summed E-state index contributed by atoms with van der Waals surface area (Å²) in [5.74, 6) is -0.884. The molecule has 1 aromatic rings. The van der Waals surface area contributed by atoms with Crippen LogP contribution in [-0.4, -0.2) is 63.0 Å². The number of amides is 3. The Kier molecular flexibility index (Phi) is 5.34. The van der Waals surface area contributed by atoms with E-state index in [0.29, 0.717) is 31.5 Å². The van der Waals surface area contributed by atoms with E-state index < -0.39 is 18.1 Å². The van der Waals surface area contributed by atoms with E-state index in [-0.39, 0.29) is 29.9 Å². The number of H-pyrrole nitrogens is 1. The minimum absolute atomic E-state index is 0.0504. The molecule has 2 saturated heterocycles. The van der Waals surface area contributed by atoms with Gasteiger partial charge in [0, 0.05) is 31.3 Å². The lowest BCUT2D eigenvalue weighted by Gasteiger charge is -2.28. The lowest BCUT2D eigenvalue weighted by molar-refractivity contribution is -0.140. The molecule has 2 aliphatic heterocycles. The third-order valence-electron chi connectivity index (χ3n) is 4.91. The molecule has 9 heteroatoms. The van der Waals surface area contributed by atoms with E-state index in [1.807, 2.05) is 0 Å². The number of carbonyl (C=O) groups is 4. The SMILES string of the molecule is CC(=O)[C@@H]1CCCN1C(=O)[C@H](Cc1cnc[nH]1)NC(=O)[C@@H]1CCC(=O)N1. The Hall–Kier alpha value is -2.71. The Labute approximate surface area is 150 Å². The van der Waals surface area contributed by atoms with E-state index in [1.54, 1.807) is 11.1 Å². The molecular weight excluding hydrogens is 338 g/mol. The van der Waals surface area contributed by atoms with Crippen LogP contribution in [0, 0.1) is 0 Å². The molecule has 0 spiro atoms. The second-order valence-electron chi connectivity index (χ2n) is 6.80. The number of carbonyl (C=O) groups excluding carboxylic acids is 4. The first-order valence-electron chi connectivity index (χ1n) is 8.83. The van der Waals surface area contributed by atoms with E-state index in [1.165, 1.54) is 13.3 Å². The molecular formula is C17H23N5O4. The molecule has 0 bridgehead atoms. The van der Waals surface area contributed by atoms with E-state index in [0.717, 1.165) is 6.42 Å². The molecule has 0 saturated carbocycles. The lowest BCUT2D eigenvalue weighted by Crippen LogP contribution is -2.55. The van der Waals surface area contributed by atoms with Gasteiger partial charge in [-0.2, -0.15) is 0 Å². The maximum atomic E-state index is 13.0. The van der Waals surface area contributed by atoms with Gasteiger partial charge in [-0.25, -0.2) is 4.98 Å². The van der Waals surface area contributed by atoms with Crippen LogP contribution in [0.2, 0.25) is 0 Å². The van der Waals surface area contributed by atoms with Crippen LogP contribution in [0.25, 0.3) is 0 Å². The standard InChI is InChI=1S/C17H23N5O4/c1-10(23)14-3-2-6-22(14)17(26)13(7-11-8-18-9-19-11)21-16(25)12-4-5-15(24)20-12/h8-9,12-14H,2-7H2,1H3,(H,18,19)(H,20,24)(H,21,25)/t12-,13-,14-/m0/s1. The highest BCUT2D eigenvalue weighted by Gasteiger charge is 2.37. The van der Waals surface area contributed by atoms with E-state index in [9.17, 15) is 19.2 Å². The van der Waals surface area contributed by atoms with Gasteiger partial charge in [-0.15, -0.1) is 0 Å². The number of hydrogen-bond acceptors (Lipinski definition) is 5. The van der Waals surface area contributed by atoms with Crippen molar-refractivity contribution in [3.8, 4) is 0 Å². The molecule has 0 aromatic carbocycles. The second-order valence-corrected chi connectivity index (χ2v) is 6.80. The zero-order valence-corrected chi connectivity index (χ0v) is 14.7. The van der Waals surface area contributed by atoms with E-state index in [4.69, 9.17) is 0 Å². The zero-order chi connectivity index (χ0) is 18.7. The highest BCUT2D eigenvalue weighted by Crippen LogP contribution is 2.20. The van der Waals surface area contributed by atoms with Gasteiger partial charge in [0.25, 0.3) is 0 Å². The predicted molar refractivity (Wildman–Crippen MR) is 90.8 cm³/mol. The first-order valence-corrected chi connectivity index (χ1v) is 8.83. The van der Waals surface area contributed by atoms with Crippen molar-refractivity contribution in [3.63, 3.8) is 0 Å². The van der Waals surface area contributed by atoms with Crippen LogP contribution < -0.4 is 10.6 Å². The highest BCUT2D eigenvalue weighted by atomic mass is 16.2. The van der Waals surface area contributed by atoms with Gasteiger partial charge in [-0.1, -0.05) is 0 Å². The normalized spacial score (nSPS) is 23.6. The Morgan fingerprint density at radius 3 is 2.81 bits per heavy atom. The van der Waals surface area contributed by atoms with E-state index >= 15 is 0 Å². The number of aromatic nitrogens is 2. The van der Waals surface area contributed by atoms with Crippen molar-refractivity contribution in [2.45, 2.75) is 57.2 Å². The molecule has 140 valence electrons. The van der Waals surface area contributed by atoms with Gasteiger partial charge < -0.3 is 20.5 Å². The predicted octanol–water partition coefficient (Wildman–Crippen LogP) is -0.704. The van der Waals surface area contributed by atoms with Crippen molar-refractivity contribution in [3.05, 3.63) is 18.2 Å². The molecule has 3 N–H and O–H groups in total. The summed E-state index contributed by atoms with van der Waals surface area (Å²) in [6, 6.07) is -1.88. The van der Waals surface area contributed by atoms with Crippen LogP contribution in [0.4, 0.5) is 0 Å². The summed E-state index contributed by atoms with van der Waals surface area (Å²) in [5.41, 5.74) is 0.706. The molecule has 3 rings (SSSR count). The Bertz CT molecular complexity index is 702. The summed E-state index contributed by atoms with van der Waals surface area (Å²) in [6.07, 6.45) is 5.46. The minimum Gasteiger partial charge on any atom is -0.348 e. The van der Waals surface area contributed by atoms with Gasteiger partial charge in [0.2, 0.25) is 17.7 Å². The van der Waals surface area contributed by atoms with Gasteiger partial charge in [-0.3, -0.25) is 19.2 Å². The Morgan fingerprint density at radius 2 is 2.19 bits per heavy atom. The number of aromatic amines is 1. The van der Waals surface area contributed by atoms with Crippen molar-refractivity contribution in [1.82, 2.24) is 25.5 Å². The monoisotopic (exact) mass is 361 g/mol. The lowest BCUT2D eigenvalue weighted by atomic mass is 10.1. The summed E-state index contributed by atoms with van der Waals surface area (Å²) in [5, 5.41) is 5.35. The summed E-state index contributed by atoms with van der Waals surface area (Å²) < 4.78 is 0. The van der Waals surface area contributed by atoms with E-state index in [2.05, 4.69) is 20.6 Å². The van der Waals surface area contributed by atoms with Gasteiger partial charge in [-0.05, 0) is 26.2 Å². The maximum absolute atomic E-state index is 13.0. The summed E-state index contributed by atoms with van der Waals surface area (Å²) in [4.78, 5) is 57.1. The summed E-state index contributed by atoms with van der Waals surface area (Å²) >= 11 is 0. The molecule has 1 aromatic heterocycles. The molecule has 2 aliphatic rings. The second kappa shape index (κ2) is 7.67. The molecule has 0 radical (unpaired) electrons. The molecule has 2 fully saturated rings. The smallest absolute Gasteiger partial charge is 0.246 e. The number of likely N-dealkylation sites (tertiary alicyclic amines) is 1. The number of rotatable bonds is 6. The minimum atomic E-state index is -0.819. The van der Waals surface area contributed by atoms with Crippen molar-refractivity contribution in [2.24, 2.45) is 0 Å². The molecule has 0 aliphatic carbocycles. The fraction of sp³-hybridized carbons (Fsp3) is 0.588. The van der Waals surface area contributed by atoms with Crippen molar-refractivity contribution in [1.29, 1.82) is 0 Å². The fourth-order valence-corrected chi connectivity index (χ4v) is 3.55. The van der Waals surface area contributed by atoms with Crippen LogP contribution >= 0.6 is 0 Å². The van der Waals surface area contributed by atoms with Gasteiger partial charge in [0.1, 0.15) is 12.1 Å². The summed E-state index contributed by atoms with van der Waals surface area (Å²) in [6.45, 7) is 1.98. The third kappa shape index (κ3) is 3.92. The third-order valence-corrected chi connectivity index (χ3v) is 4.91. The van der Waals surface area contributed by atoms with Crippen LogP contribution in [0.3, 0.4) is 0 Å². The van der Waals surface area contributed by atoms with Crippen LogP contribution in [-0.2, 0) is 25.6 Å². The number of imidazole rings is 1. The zero-order valence-electron chi connectivity index (χ0n) is 14.7. The number of ketones is 1. The number of Topliss-reactive ketones (excluding diaryl/α,β-unsaturated/α-hetero) is 1. The first kappa shape index (κ1) is 18.1. The first-order chi connectivity index (χ1) is 12.5. The average molecular weight is 361 g/mol. The maximum Gasteiger partial charge on any atom is 0.246 e. The van der Waals surface area contributed by atoms with Gasteiger partial charge >= 0.3 is 0 Å². The largest absolute Gasteiger partial charge is 0.348 e. The average Bonchev–Trinajstić information content (AvgIpc) is 3.34. The van der Waals surface area contributed by atoms with Gasteiger partial charge in [0.05, 0.1) is 12.4 Å². The van der Waals surface area contributed by atoms with Crippen LogP contribution in [0.15, 0.2) is 12.5 Å². The Morgan fingerprint density at radius 1 is 1.38 bits per heavy atom. The van der Waals surface area contributed by atoms with Crippen molar-refractivity contribution < 1.29 is 19.2 Å². The molecule has 26 heavy (non-hydrogen) atoms. The summed E-state index contributed by atoms with van der Waals surface area (Å²) in [7, 11) is 0. The highest BCUT2D eigenvalue weighted by molar-refractivity contribution is 5.95. The fourth-order valence-electron chi connectivity index (χ4n) is 3.55. The molecule has 9 nitrogen and oxygen atoms in total. The molecule has 3 heterocycles. The molecule has 0 unspecified atom stereocenters. The van der Waals surface area contributed by atoms with Crippen molar-refractivity contribution >= 4 is 23.5 Å². The van der Waals surface area contributed by atoms with Crippen LogP contribution in [0.5, 0.6) is 0 Å². The van der Waals surface area contributed by atoms with Gasteiger partial charge in [0.15, 0.2) is 5.78 Å². The number of hydrogen-bond donors (Lipinski definition) is 3. The molecule has 3 atom stereocenters. The van der Waals surface area contributed by atoms with Crippen molar-refractivity contribution in [2.75, 3.05) is 6.54 Å². The Balaban J connectivity index is 1.74. The molecule has 3 amide bonds. The van der Waals surface area contributed by atoms with Crippen LogP contribution in [0.1, 0.15) is 38.3 Å². The topological polar surface area (TPSA) is 124 Å². The number of nitrogens with one attached hydrogen (secondary N) is 3. The quantitative estimate of drug-likeness (QED) is 0.618.